The summed E-state index contributed by atoms with van der Waals surface area (Å²) in [6.45, 7) is 4.18. The second-order valence-electron chi connectivity index (χ2n) is 5.53. The molecule has 7 heteroatoms. The van der Waals surface area contributed by atoms with Gasteiger partial charge >= 0.3 is 0 Å². The van der Waals surface area contributed by atoms with Crippen LogP contribution in [0.25, 0.3) is 0 Å². The fourth-order valence-corrected chi connectivity index (χ4v) is 3.01. The lowest BCUT2D eigenvalue weighted by atomic mass is 10.1. The average molecular weight is 335 g/mol. The first-order chi connectivity index (χ1) is 11.0. The van der Waals surface area contributed by atoms with Gasteiger partial charge in [-0.25, -0.2) is 4.98 Å². The molecule has 1 amide bonds. The van der Waals surface area contributed by atoms with Crippen molar-refractivity contribution in [3.05, 3.63) is 11.6 Å². The maximum Gasteiger partial charge on any atom is 0.230 e. The predicted molar refractivity (Wildman–Crippen MR) is 94.9 cm³/mol. The monoisotopic (exact) mass is 335 g/mol. The molecule has 0 aliphatic heterocycles. The van der Waals surface area contributed by atoms with E-state index in [1.54, 1.807) is 0 Å². The number of hydrogen-bond acceptors (Lipinski definition) is 6. The smallest absolute Gasteiger partial charge is 0.230 e. The largest absolute Gasteiger partial charge is 0.397 e. The number of thioether (sulfide) groups is 1. The van der Waals surface area contributed by atoms with E-state index in [1.807, 2.05) is 13.0 Å². The SMILES string of the molecule is CCCCCC[C@H](C)NC(=O)CSc1nc(N)cc(N)c1C#N. The van der Waals surface area contributed by atoms with Gasteiger partial charge in [0.25, 0.3) is 0 Å². The molecule has 0 saturated heterocycles. The lowest BCUT2D eigenvalue weighted by molar-refractivity contribution is -0.119. The fraction of sp³-hybridized carbons (Fsp3) is 0.562. The molecule has 6 nitrogen and oxygen atoms in total. The predicted octanol–water partition coefficient (Wildman–Crippen LogP) is 2.68. The number of hydrogen-bond donors (Lipinski definition) is 3. The maximum atomic E-state index is 12.0. The number of nitrogens with two attached hydrogens (primary N) is 2. The Kier molecular flexibility index (Phi) is 8.27. The van der Waals surface area contributed by atoms with E-state index in [-0.39, 0.29) is 34.8 Å². The van der Waals surface area contributed by atoms with Gasteiger partial charge in [0.1, 0.15) is 22.5 Å². The van der Waals surface area contributed by atoms with Crippen molar-refractivity contribution in [2.24, 2.45) is 0 Å². The molecule has 0 radical (unpaired) electrons. The average Bonchev–Trinajstić information content (AvgIpc) is 2.49. The summed E-state index contributed by atoms with van der Waals surface area (Å²) in [6.07, 6.45) is 5.73. The number of pyridine rings is 1. The Morgan fingerprint density at radius 3 is 2.83 bits per heavy atom. The van der Waals surface area contributed by atoms with Crippen LogP contribution < -0.4 is 16.8 Å². The molecule has 1 atom stereocenters. The third kappa shape index (κ3) is 6.78. The molecular weight excluding hydrogens is 310 g/mol. The highest BCUT2D eigenvalue weighted by atomic mass is 32.2. The number of anilines is 2. The van der Waals surface area contributed by atoms with Gasteiger partial charge in [-0.1, -0.05) is 44.4 Å². The first-order valence-electron chi connectivity index (χ1n) is 7.86. The van der Waals surface area contributed by atoms with Gasteiger partial charge in [-0.2, -0.15) is 5.26 Å². The second-order valence-corrected chi connectivity index (χ2v) is 6.50. The number of unbranched alkanes of at least 4 members (excludes halogenated alkanes) is 3. The topological polar surface area (TPSA) is 118 Å². The molecule has 0 saturated carbocycles. The number of nitrogens with one attached hydrogen (secondary N) is 1. The molecule has 126 valence electrons. The van der Waals surface area contributed by atoms with Gasteiger partial charge in [-0.05, 0) is 13.3 Å². The van der Waals surface area contributed by atoms with E-state index < -0.39 is 0 Å². The van der Waals surface area contributed by atoms with Gasteiger partial charge in [0.05, 0.1) is 11.4 Å². The lowest BCUT2D eigenvalue weighted by Crippen LogP contribution is -2.33. The van der Waals surface area contributed by atoms with Crippen LogP contribution in [0.5, 0.6) is 0 Å². The molecular formula is C16H25N5OS. The molecule has 0 aliphatic rings. The van der Waals surface area contributed by atoms with Crippen LogP contribution in [0.4, 0.5) is 11.5 Å². The minimum Gasteiger partial charge on any atom is -0.397 e. The molecule has 1 heterocycles. The van der Waals surface area contributed by atoms with Crippen molar-refractivity contribution in [2.75, 3.05) is 17.2 Å². The zero-order chi connectivity index (χ0) is 17.2. The molecule has 0 unspecified atom stereocenters. The molecule has 0 bridgehead atoms. The molecule has 0 fully saturated rings. The van der Waals surface area contributed by atoms with E-state index in [4.69, 9.17) is 16.7 Å². The van der Waals surface area contributed by atoms with Gasteiger partial charge in [-0.15, -0.1) is 0 Å². The molecule has 23 heavy (non-hydrogen) atoms. The van der Waals surface area contributed by atoms with Gasteiger partial charge in [0.2, 0.25) is 5.91 Å². The van der Waals surface area contributed by atoms with Gasteiger partial charge in [0, 0.05) is 12.1 Å². The van der Waals surface area contributed by atoms with E-state index in [2.05, 4.69) is 17.2 Å². The summed E-state index contributed by atoms with van der Waals surface area (Å²) in [4.78, 5) is 16.1. The van der Waals surface area contributed by atoms with Gasteiger partial charge in [0.15, 0.2) is 0 Å². The zero-order valence-electron chi connectivity index (χ0n) is 13.8. The van der Waals surface area contributed by atoms with Crippen molar-refractivity contribution in [1.82, 2.24) is 10.3 Å². The minimum absolute atomic E-state index is 0.0790. The summed E-state index contributed by atoms with van der Waals surface area (Å²) in [6, 6.07) is 3.59. The summed E-state index contributed by atoms with van der Waals surface area (Å²) in [5.41, 5.74) is 11.9. The molecule has 5 N–H and O–H groups in total. The first kappa shape index (κ1) is 19.1. The number of carbonyl (C=O) groups is 1. The number of nitrogen functional groups attached to an aromatic ring is 2. The Morgan fingerprint density at radius 2 is 2.17 bits per heavy atom. The minimum atomic E-state index is -0.0790. The van der Waals surface area contributed by atoms with E-state index in [0.29, 0.717) is 5.03 Å². The zero-order valence-corrected chi connectivity index (χ0v) is 14.6. The number of nitriles is 1. The highest BCUT2D eigenvalue weighted by Crippen LogP contribution is 2.26. The standard InChI is InChI=1S/C16H25N5OS/c1-3-4-5-6-7-11(2)20-15(22)10-23-16-12(9-17)13(18)8-14(19)21-16/h8,11H,3-7,10H2,1-2H3,(H,20,22)(H4,18,19,21)/t11-/m0/s1. The maximum absolute atomic E-state index is 12.0. The van der Waals surface area contributed by atoms with Gasteiger partial charge < -0.3 is 16.8 Å². The van der Waals surface area contributed by atoms with Crippen molar-refractivity contribution in [2.45, 2.75) is 57.0 Å². The van der Waals surface area contributed by atoms with Crippen LogP contribution in [0.2, 0.25) is 0 Å². The highest BCUT2D eigenvalue weighted by molar-refractivity contribution is 8.00. The Morgan fingerprint density at radius 1 is 1.43 bits per heavy atom. The van der Waals surface area contributed by atoms with E-state index in [1.165, 1.54) is 37.1 Å². The van der Waals surface area contributed by atoms with Crippen molar-refractivity contribution in [3.8, 4) is 6.07 Å². The lowest BCUT2D eigenvalue weighted by Gasteiger charge is -2.14. The third-order valence-electron chi connectivity index (χ3n) is 3.39. The number of nitrogens with zero attached hydrogens (tertiary/aromatic N) is 2. The van der Waals surface area contributed by atoms with E-state index >= 15 is 0 Å². The summed E-state index contributed by atoms with van der Waals surface area (Å²) >= 11 is 1.18. The fourth-order valence-electron chi connectivity index (χ4n) is 2.18. The second kappa shape index (κ2) is 9.95. The Labute approximate surface area is 142 Å². The molecule has 1 rings (SSSR count). The summed E-state index contributed by atoms with van der Waals surface area (Å²) in [5, 5.41) is 12.5. The Bertz CT molecular complexity index is 570. The number of aromatic nitrogens is 1. The third-order valence-corrected chi connectivity index (χ3v) is 4.36. The Balaban J connectivity index is 2.46. The van der Waals surface area contributed by atoms with Crippen LogP contribution in [0.15, 0.2) is 11.1 Å². The molecule has 0 aliphatic carbocycles. The highest BCUT2D eigenvalue weighted by Gasteiger charge is 2.13. The van der Waals surface area contributed by atoms with Crippen molar-refractivity contribution in [1.29, 1.82) is 5.26 Å². The van der Waals surface area contributed by atoms with Crippen LogP contribution >= 0.6 is 11.8 Å². The van der Waals surface area contributed by atoms with Crippen LogP contribution in [0.3, 0.4) is 0 Å². The molecule has 0 aromatic carbocycles. The number of rotatable bonds is 9. The summed E-state index contributed by atoms with van der Waals surface area (Å²) < 4.78 is 0. The molecule has 0 spiro atoms. The van der Waals surface area contributed by atoms with Crippen molar-refractivity contribution in [3.63, 3.8) is 0 Å². The van der Waals surface area contributed by atoms with Crippen LogP contribution in [-0.2, 0) is 4.79 Å². The summed E-state index contributed by atoms with van der Waals surface area (Å²) in [7, 11) is 0. The van der Waals surface area contributed by atoms with Crippen LogP contribution in [0.1, 0.15) is 51.5 Å². The molecule has 1 aromatic heterocycles. The van der Waals surface area contributed by atoms with Gasteiger partial charge in [-0.3, -0.25) is 4.79 Å². The van der Waals surface area contributed by atoms with Crippen molar-refractivity contribution >= 4 is 29.2 Å². The quantitative estimate of drug-likeness (QED) is 0.471. The molecule has 1 aromatic rings. The number of amides is 1. The summed E-state index contributed by atoms with van der Waals surface area (Å²) in [5.74, 6) is 0.350. The normalized spacial score (nSPS) is 11.7. The first-order valence-corrected chi connectivity index (χ1v) is 8.84. The van der Waals surface area contributed by atoms with Crippen molar-refractivity contribution < 1.29 is 4.79 Å². The van der Waals surface area contributed by atoms with E-state index in [0.717, 1.165) is 12.8 Å². The van der Waals surface area contributed by atoms with Crippen LogP contribution in [-0.4, -0.2) is 22.7 Å². The van der Waals surface area contributed by atoms with Crippen LogP contribution in [0, 0.1) is 11.3 Å². The number of carbonyl (C=O) groups excluding carboxylic acids is 1. The Hall–Kier alpha value is -1.94. The van der Waals surface area contributed by atoms with E-state index in [9.17, 15) is 4.79 Å².